The predicted octanol–water partition coefficient (Wildman–Crippen LogP) is 5.62. The Balaban J connectivity index is 1.71. The molecule has 0 saturated carbocycles. The minimum Gasteiger partial charge on any atom is -0.494 e. The van der Waals surface area contributed by atoms with Crippen molar-refractivity contribution in [2.24, 2.45) is 0 Å². The van der Waals surface area contributed by atoms with Gasteiger partial charge in [0.2, 0.25) is 0 Å². The summed E-state index contributed by atoms with van der Waals surface area (Å²) >= 11 is 0. The Labute approximate surface area is 171 Å². The van der Waals surface area contributed by atoms with Crippen molar-refractivity contribution in [2.75, 3.05) is 49.2 Å². The molecule has 2 aromatic carbocycles. The molecule has 0 N–H and O–H groups in total. The molecule has 4 heteroatoms. The van der Waals surface area contributed by atoms with Crippen LogP contribution in [0.2, 0.25) is 0 Å². The van der Waals surface area contributed by atoms with E-state index in [9.17, 15) is 0 Å². The molecule has 28 heavy (non-hydrogen) atoms. The summed E-state index contributed by atoms with van der Waals surface area (Å²) in [5, 5.41) is 0. The van der Waals surface area contributed by atoms with Gasteiger partial charge in [0.25, 0.3) is 0 Å². The van der Waals surface area contributed by atoms with E-state index in [0.717, 1.165) is 50.5 Å². The second kappa shape index (κ2) is 12.2. The molecule has 0 bridgehead atoms. The average Bonchev–Trinajstić information content (AvgIpc) is 2.73. The quantitative estimate of drug-likeness (QED) is 0.419. The van der Waals surface area contributed by atoms with Gasteiger partial charge >= 0.3 is 0 Å². The van der Waals surface area contributed by atoms with E-state index in [4.69, 9.17) is 9.47 Å². The van der Waals surface area contributed by atoms with E-state index in [1.807, 2.05) is 12.1 Å². The van der Waals surface area contributed by atoms with Crippen molar-refractivity contribution in [3.63, 3.8) is 0 Å². The molecule has 0 unspecified atom stereocenters. The summed E-state index contributed by atoms with van der Waals surface area (Å²) in [7, 11) is 0. The van der Waals surface area contributed by atoms with Crippen LogP contribution in [0, 0.1) is 0 Å². The number of anilines is 2. The van der Waals surface area contributed by atoms with Crippen LogP contribution in [-0.4, -0.2) is 39.4 Å². The van der Waals surface area contributed by atoms with E-state index in [-0.39, 0.29) is 0 Å². The molecule has 0 spiro atoms. The van der Waals surface area contributed by atoms with E-state index < -0.39 is 0 Å². The maximum Gasteiger partial charge on any atom is 0.121 e. The van der Waals surface area contributed by atoms with Crippen LogP contribution in [-0.2, 0) is 0 Å². The van der Waals surface area contributed by atoms with Gasteiger partial charge in [0.05, 0.1) is 13.2 Å². The zero-order valence-electron chi connectivity index (χ0n) is 18.0. The molecule has 2 aromatic rings. The Kier molecular flexibility index (Phi) is 9.53. The van der Waals surface area contributed by atoms with Gasteiger partial charge in [0.15, 0.2) is 0 Å². The summed E-state index contributed by atoms with van der Waals surface area (Å²) in [6.07, 6.45) is 1.95. The lowest BCUT2D eigenvalue weighted by Crippen LogP contribution is -2.21. The van der Waals surface area contributed by atoms with Crippen molar-refractivity contribution in [3.05, 3.63) is 48.5 Å². The van der Waals surface area contributed by atoms with Gasteiger partial charge in [-0.1, -0.05) is 12.1 Å². The molecule has 0 fully saturated rings. The van der Waals surface area contributed by atoms with Crippen molar-refractivity contribution in [1.29, 1.82) is 0 Å². The van der Waals surface area contributed by atoms with Crippen molar-refractivity contribution in [2.45, 2.75) is 40.5 Å². The number of ether oxygens (including phenoxy) is 2. The number of hydrogen-bond donors (Lipinski definition) is 0. The Morgan fingerprint density at radius 1 is 0.607 bits per heavy atom. The second-order valence-corrected chi connectivity index (χ2v) is 6.74. The van der Waals surface area contributed by atoms with Crippen LogP contribution >= 0.6 is 0 Å². The van der Waals surface area contributed by atoms with E-state index in [2.05, 4.69) is 73.9 Å². The minimum atomic E-state index is 0.713. The summed E-state index contributed by atoms with van der Waals surface area (Å²) in [5.74, 6) is 1.88. The molecular formula is C24H36N2O2. The number of unbranched alkanes of at least 4 members (excludes halogenated alkanes) is 1. The third kappa shape index (κ3) is 6.66. The van der Waals surface area contributed by atoms with E-state index in [0.29, 0.717) is 13.2 Å². The highest BCUT2D eigenvalue weighted by Crippen LogP contribution is 2.22. The molecule has 0 heterocycles. The fourth-order valence-electron chi connectivity index (χ4n) is 3.30. The maximum atomic E-state index is 5.93. The lowest BCUT2D eigenvalue weighted by molar-refractivity contribution is 0.266. The average molecular weight is 385 g/mol. The molecule has 2 rings (SSSR count). The maximum absolute atomic E-state index is 5.93. The highest BCUT2D eigenvalue weighted by molar-refractivity contribution is 5.51. The molecule has 0 aromatic heterocycles. The predicted molar refractivity (Wildman–Crippen MR) is 120 cm³/mol. The summed E-state index contributed by atoms with van der Waals surface area (Å²) < 4.78 is 11.9. The first-order chi connectivity index (χ1) is 13.7. The number of hydrogen-bond acceptors (Lipinski definition) is 4. The van der Waals surface area contributed by atoms with Crippen molar-refractivity contribution < 1.29 is 9.47 Å². The normalized spacial score (nSPS) is 10.6. The molecular weight excluding hydrogens is 348 g/mol. The SMILES string of the molecule is CCN(CC)c1cccc(OCCCCOc2cccc(N(CC)CC)c2)c1. The van der Waals surface area contributed by atoms with Crippen LogP contribution < -0.4 is 19.3 Å². The summed E-state index contributed by atoms with van der Waals surface area (Å²) in [4.78, 5) is 4.65. The fraction of sp³-hybridized carbons (Fsp3) is 0.500. The topological polar surface area (TPSA) is 24.9 Å². The minimum absolute atomic E-state index is 0.713. The van der Waals surface area contributed by atoms with Gasteiger partial charge in [0, 0.05) is 49.7 Å². The second-order valence-electron chi connectivity index (χ2n) is 6.74. The zero-order valence-corrected chi connectivity index (χ0v) is 18.0. The summed E-state index contributed by atoms with van der Waals surface area (Å²) in [6, 6.07) is 16.7. The number of nitrogens with zero attached hydrogens (tertiary/aromatic N) is 2. The molecule has 0 aliphatic heterocycles. The fourth-order valence-corrected chi connectivity index (χ4v) is 3.30. The highest BCUT2D eigenvalue weighted by Gasteiger charge is 2.04. The van der Waals surface area contributed by atoms with E-state index in [1.54, 1.807) is 0 Å². The van der Waals surface area contributed by atoms with Crippen LogP contribution in [0.4, 0.5) is 11.4 Å². The molecule has 0 radical (unpaired) electrons. The van der Waals surface area contributed by atoms with Crippen LogP contribution in [0.15, 0.2) is 48.5 Å². The molecule has 0 aliphatic carbocycles. The van der Waals surface area contributed by atoms with E-state index >= 15 is 0 Å². The van der Waals surface area contributed by atoms with Crippen molar-refractivity contribution >= 4 is 11.4 Å². The standard InChI is InChI=1S/C24H36N2O2/c1-5-25(6-2)21-13-11-15-23(19-21)27-17-9-10-18-28-24-16-12-14-22(20-24)26(7-3)8-4/h11-16,19-20H,5-10,17-18H2,1-4H3. The zero-order chi connectivity index (χ0) is 20.2. The van der Waals surface area contributed by atoms with Gasteiger partial charge in [0.1, 0.15) is 11.5 Å². The van der Waals surface area contributed by atoms with Gasteiger partial charge in [-0.15, -0.1) is 0 Å². The molecule has 0 amide bonds. The lowest BCUT2D eigenvalue weighted by atomic mass is 10.2. The van der Waals surface area contributed by atoms with Crippen molar-refractivity contribution in [1.82, 2.24) is 0 Å². The van der Waals surface area contributed by atoms with Gasteiger partial charge in [-0.25, -0.2) is 0 Å². The van der Waals surface area contributed by atoms with Crippen LogP contribution in [0.5, 0.6) is 11.5 Å². The molecule has 4 nitrogen and oxygen atoms in total. The smallest absolute Gasteiger partial charge is 0.121 e. The first kappa shape index (κ1) is 21.9. The highest BCUT2D eigenvalue weighted by atomic mass is 16.5. The Morgan fingerprint density at radius 2 is 1.00 bits per heavy atom. The lowest BCUT2D eigenvalue weighted by Gasteiger charge is -2.21. The first-order valence-electron chi connectivity index (χ1n) is 10.7. The van der Waals surface area contributed by atoms with E-state index in [1.165, 1.54) is 11.4 Å². The Hall–Kier alpha value is -2.36. The largest absolute Gasteiger partial charge is 0.494 e. The van der Waals surface area contributed by atoms with Gasteiger partial charge in [-0.3, -0.25) is 0 Å². The van der Waals surface area contributed by atoms with Crippen molar-refractivity contribution in [3.8, 4) is 11.5 Å². The summed E-state index contributed by atoms with van der Waals surface area (Å²) in [6.45, 7) is 14.2. The molecule has 154 valence electrons. The number of rotatable bonds is 13. The molecule has 0 aliphatic rings. The number of benzene rings is 2. The third-order valence-corrected chi connectivity index (χ3v) is 4.97. The first-order valence-corrected chi connectivity index (χ1v) is 10.7. The monoisotopic (exact) mass is 384 g/mol. The molecule has 0 saturated heterocycles. The summed E-state index contributed by atoms with van der Waals surface area (Å²) in [5.41, 5.74) is 2.44. The van der Waals surface area contributed by atoms with Crippen LogP contribution in [0.25, 0.3) is 0 Å². The Bertz CT molecular complexity index is 622. The third-order valence-electron chi connectivity index (χ3n) is 4.97. The van der Waals surface area contributed by atoms with Gasteiger partial charge in [-0.2, -0.15) is 0 Å². The van der Waals surface area contributed by atoms with Crippen LogP contribution in [0.1, 0.15) is 40.5 Å². The van der Waals surface area contributed by atoms with Gasteiger partial charge in [-0.05, 0) is 64.8 Å². The Morgan fingerprint density at radius 3 is 1.36 bits per heavy atom. The van der Waals surface area contributed by atoms with Gasteiger partial charge < -0.3 is 19.3 Å². The molecule has 0 atom stereocenters. The van der Waals surface area contributed by atoms with Crippen LogP contribution in [0.3, 0.4) is 0 Å².